The smallest absolute Gasteiger partial charge is 0.0728 e. The fraction of sp³-hybridized carbons (Fsp3) is 0.800. The zero-order valence-electron chi connectivity index (χ0n) is 9.07. The van der Waals surface area contributed by atoms with Crippen molar-refractivity contribution in [3.8, 4) is 0 Å². The Balaban J connectivity index is 1.99. The molecule has 0 radical (unpaired) electrons. The first kappa shape index (κ1) is 9.65. The summed E-state index contributed by atoms with van der Waals surface area (Å²) in [5, 5.41) is 11.5. The van der Waals surface area contributed by atoms with Gasteiger partial charge in [0, 0.05) is 25.0 Å². The number of hydrogen-bond acceptors (Lipinski definition) is 3. The van der Waals surface area contributed by atoms with E-state index in [1.807, 2.05) is 17.9 Å². The molecule has 0 amide bonds. The molecule has 0 aliphatic heterocycles. The Kier molecular flexibility index (Phi) is 2.54. The summed E-state index contributed by atoms with van der Waals surface area (Å²) in [4.78, 5) is 0. The zero-order chi connectivity index (χ0) is 10.1. The van der Waals surface area contributed by atoms with Crippen LogP contribution in [0.25, 0.3) is 0 Å². The fourth-order valence-electron chi connectivity index (χ4n) is 1.73. The third-order valence-corrected chi connectivity index (χ3v) is 3.04. The Morgan fingerprint density at radius 1 is 1.50 bits per heavy atom. The Bertz CT molecular complexity index is 303. The van der Waals surface area contributed by atoms with Crippen LogP contribution in [0.15, 0.2) is 6.20 Å². The van der Waals surface area contributed by atoms with Gasteiger partial charge in [-0.1, -0.05) is 12.1 Å². The molecular formula is C10H18N4. The molecule has 4 nitrogen and oxygen atoms in total. The molecule has 2 atom stereocenters. The van der Waals surface area contributed by atoms with Crippen molar-refractivity contribution in [2.24, 2.45) is 7.05 Å². The van der Waals surface area contributed by atoms with Crippen LogP contribution >= 0.6 is 0 Å². The molecule has 0 bridgehead atoms. The molecule has 2 rings (SSSR count). The van der Waals surface area contributed by atoms with Crippen molar-refractivity contribution in [3.63, 3.8) is 0 Å². The molecule has 1 aromatic rings. The first-order valence-electron chi connectivity index (χ1n) is 5.29. The van der Waals surface area contributed by atoms with Gasteiger partial charge in [-0.2, -0.15) is 0 Å². The third-order valence-electron chi connectivity index (χ3n) is 3.04. The van der Waals surface area contributed by atoms with Crippen molar-refractivity contribution in [1.29, 1.82) is 0 Å². The van der Waals surface area contributed by atoms with E-state index in [1.54, 1.807) is 0 Å². The van der Waals surface area contributed by atoms with Gasteiger partial charge in [0.05, 0.1) is 11.9 Å². The minimum absolute atomic E-state index is 0.468. The minimum atomic E-state index is 0.468. The largest absolute Gasteiger partial charge is 0.311 e. The van der Waals surface area contributed by atoms with Crippen LogP contribution in [0, 0.1) is 0 Å². The summed E-state index contributed by atoms with van der Waals surface area (Å²) in [6.45, 7) is 4.45. The molecule has 1 heterocycles. The number of aryl methyl sites for hydroxylation is 1. The molecule has 1 saturated carbocycles. The molecule has 0 spiro atoms. The van der Waals surface area contributed by atoms with Crippen molar-refractivity contribution in [1.82, 2.24) is 20.3 Å². The second-order valence-corrected chi connectivity index (χ2v) is 4.30. The Labute approximate surface area is 84.7 Å². The van der Waals surface area contributed by atoms with E-state index < -0.39 is 0 Å². The highest BCUT2D eigenvalue weighted by Gasteiger charge is 2.26. The fourth-order valence-corrected chi connectivity index (χ4v) is 1.73. The van der Waals surface area contributed by atoms with Crippen LogP contribution < -0.4 is 5.32 Å². The summed E-state index contributed by atoms with van der Waals surface area (Å²) < 4.78 is 1.86. The van der Waals surface area contributed by atoms with E-state index in [2.05, 4.69) is 29.5 Å². The van der Waals surface area contributed by atoms with E-state index in [4.69, 9.17) is 0 Å². The highest BCUT2D eigenvalue weighted by Crippen LogP contribution is 2.24. The summed E-state index contributed by atoms with van der Waals surface area (Å²) in [5.74, 6) is 0.468. The Hall–Kier alpha value is -0.900. The van der Waals surface area contributed by atoms with Crippen LogP contribution in [0.4, 0.5) is 0 Å². The molecule has 78 valence electrons. The predicted octanol–water partition coefficient (Wildman–Crippen LogP) is 1.06. The second kappa shape index (κ2) is 3.69. The van der Waals surface area contributed by atoms with Crippen molar-refractivity contribution in [2.45, 2.75) is 44.7 Å². The highest BCUT2D eigenvalue weighted by atomic mass is 15.4. The normalized spacial score (nSPS) is 20.8. The predicted molar refractivity (Wildman–Crippen MR) is 55.0 cm³/mol. The number of rotatable bonds is 4. The highest BCUT2D eigenvalue weighted by molar-refractivity contribution is 5.05. The van der Waals surface area contributed by atoms with Gasteiger partial charge < -0.3 is 5.32 Å². The van der Waals surface area contributed by atoms with Crippen molar-refractivity contribution >= 4 is 0 Å². The molecule has 4 heteroatoms. The lowest BCUT2D eigenvalue weighted by molar-refractivity contribution is 0.458. The first-order valence-corrected chi connectivity index (χ1v) is 5.29. The van der Waals surface area contributed by atoms with E-state index in [-0.39, 0.29) is 0 Å². The molecule has 0 aromatic carbocycles. The van der Waals surface area contributed by atoms with Crippen LogP contribution in [0.3, 0.4) is 0 Å². The van der Waals surface area contributed by atoms with Gasteiger partial charge in [0.2, 0.25) is 0 Å². The molecule has 2 unspecified atom stereocenters. The van der Waals surface area contributed by atoms with Gasteiger partial charge in [-0.15, -0.1) is 5.10 Å². The van der Waals surface area contributed by atoms with Gasteiger partial charge in [-0.05, 0) is 19.8 Å². The maximum absolute atomic E-state index is 3.95. The minimum Gasteiger partial charge on any atom is -0.311 e. The van der Waals surface area contributed by atoms with Crippen LogP contribution in [-0.2, 0) is 7.05 Å². The van der Waals surface area contributed by atoms with E-state index in [0.717, 1.165) is 6.04 Å². The quantitative estimate of drug-likeness (QED) is 0.779. The van der Waals surface area contributed by atoms with E-state index in [1.165, 1.54) is 18.5 Å². The van der Waals surface area contributed by atoms with Gasteiger partial charge >= 0.3 is 0 Å². The molecular weight excluding hydrogens is 176 g/mol. The van der Waals surface area contributed by atoms with Crippen LogP contribution in [0.2, 0.25) is 0 Å². The standard InChI is InChI=1S/C10H18N4/c1-7(8(2)12-9-4-5-9)10-6-11-13-14(10)3/h6-9,12H,4-5H2,1-3H3. The zero-order valence-corrected chi connectivity index (χ0v) is 9.07. The lowest BCUT2D eigenvalue weighted by Gasteiger charge is -2.20. The SMILES string of the molecule is CC(NC1CC1)C(C)c1cnnn1C. The average molecular weight is 194 g/mol. The van der Waals surface area contributed by atoms with Gasteiger partial charge in [0.1, 0.15) is 0 Å². The first-order chi connectivity index (χ1) is 6.68. The van der Waals surface area contributed by atoms with Crippen molar-refractivity contribution in [3.05, 3.63) is 11.9 Å². The van der Waals surface area contributed by atoms with Crippen molar-refractivity contribution in [2.75, 3.05) is 0 Å². The average Bonchev–Trinajstić information content (AvgIpc) is 2.86. The van der Waals surface area contributed by atoms with Crippen LogP contribution in [0.1, 0.15) is 38.3 Å². The topological polar surface area (TPSA) is 42.7 Å². The van der Waals surface area contributed by atoms with Crippen LogP contribution in [-0.4, -0.2) is 27.1 Å². The van der Waals surface area contributed by atoms with Gasteiger partial charge in [0.15, 0.2) is 0 Å². The number of aromatic nitrogens is 3. The lowest BCUT2D eigenvalue weighted by Crippen LogP contribution is -2.33. The van der Waals surface area contributed by atoms with Crippen molar-refractivity contribution < 1.29 is 0 Å². The number of nitrogens with zero attached hydrogens (tertiary/aromatic N) is 3. The molecule has 0 saturated heterocycles. The maximum atomic E-state index is 3.95. The molecule has 1 aromatic heterocycles. The molecule has 14 heavy (non-hydrogen) atoms. The third kappa shape index (κ3) is 1.95. The Morgan fingerprint density at radius 2 is 2.21 bits per heavy atom. The molecule has 1 N–H and O–H groups in total. The van der Waals surface area contributed by atoms with E-state index in [0.29, 0.717) is 12.0 Å². The second-order valence-electron chi connectivity index (χ2n) is 4.30. The molecule has 1 fully saturated rings. The molecule has 1 aliphatic rings. The number of hydrogen-bond donors (Lipinski definition) is 1. The van der Waals surface area contributed by atoms with Gasteiger partial charge in [0.25, 0.3) is 0 Å². The summed E-state index contributed by atoms with van der Waals surface area (Å²) in [6.07, 6.45) is 4.52. The van der Waals surface area contributed by atoms with Crippen LogP contribution in [0.5, 0.6) is 0 Å². The lowest BCUT2D eigenvalue weighted by atomic mass is 10.0. The monoisotopic (exact) mass is 194 g/mol. The van der Waals surface area contributed by atoms with Gasteiger partial charge in [-0.3, -0.25) is 4.68 Å². The summed E-state index contributed by atoms with van der Waals surface area (Å²) in [6, 6.07) is 1.26. The van der Waals surface area contributed by atoms with Gasteiger partial charge in [-0.25, -0.2) is 0 Å². The summed E-state index contributed by atoms with van der Waals surface area (Å²) in [7, 11) is 1.95. The Morgan fingerprint density at radius 3 is 2.71 bits per heavy atom. The molecule has 1 aliphatic carbocycles. The maximum Gasteiger partial charge on any atom is 0.0728 e. The van der Waals surface area contributed by atoms with E-state index >= 15 is 0 Å². The number of nitrogens with one attached hydrogen (secondary N) is 1. The summed E-state index contributed by atoms with van der Waals surface area (Å²) >= 11 is 0. The summed E-state index contributed by atoms with van der Waals surface area (Å²) in [5.41, 5.74) is 1.20. The van der Waals surface area contributed by atoms with E-state index in [9.17, 15) is 0 Å².